The van der Waals surface area contributed by atoms with Crippen molar-refractivity contribution in [3.05, 3.63) is 56.2 Å². The van der Waals surface area contributed by atoms with E-state index in [1.165, 1.54) is 11.8 Å². The van der Waals surface area contributed by atoms with Crippen molar-refractivity contribution in [2.24, 2.45) is 0 Å². The maximum absolute atomic E-state index is 11.9. The molecular formula is C19H28N4O2Y-2. The second-order valence-corrected chi connectivity index (χ2v) is 5.49. The van der Waals surface area contributed by atoms with Crippen LogP contribution in [0.4, 0.5) is 0 Å². The fourth-order valence-electron chi connectivity index (χ4n) is 1.72. The number of aromatic nitrogens is 2. The van der Waals surface area contributed by atoms with E-state index in [9.17, 15) is 9.59 Å². The summed E-state index contributed by atoms with van der Waals surface area (Å²) in [5.41, 5.74) is 2.66. The Labute approximate surface area is 182 Å². The minimum Gasteiger partial charge on any atom is -0.498 e. The smallest absolute Gasteiger partial charge is 0.253 e. The molecule has 1 aromatic carbocycles. The van der Waals surface area contributed by atoms with E-state index in [0.717, 1.165) is 11.1 Å². The SMILES string of the molecule is C.[CH2-]Cn1cc(-c2cccc(C(=O)N(C)C)c2)cn1.[CH2-]N(C)C(C)=O.[Y]. The maximum atomic E-state index is 11.9. The molecule has 0 N–H and O–H groups in total. The Bertz CT molecular complexity index is 696. The van der Waals surface area contributed by atoms with Crippen molar-refractivity contribution in [2.45, 2.75) is 20.9 Å². The molecule has 26 heavy (non-hydrogen) atoms. The van der Waals surface area contributed by atoms with Crippen LogP contribution in [-0.4, -0.2) is 52.5 Å². The fourth-order valence-corrected chi connectivity index (χ4v) is 1.72. The van der Waals surface area contributed by atoms with E-state index >= 15 is 0 Å². The Kier molecular flexibility index (Phi) is 13.1. The summed E-state index contributed by atoms with van der Waals surface area (Å²) in [5.74, 6) is -0.0172. The first-order chi connectivity index (χ1) is 11.3. The van der Waals surface area contributed by atoms with Gasteiger partial charge in [0.2, 0.25) is 0 Å². The number of hydrogen-bond acceptors (Lipinski definition) is 3. The van der Waals surface area contributed by atoms with E-state index in [1.54, 1.807) is 36.9 Å². The van der Waals surface area contributed by atoms with Gasteiger partial charge in [-0.1, -0.05) is 26.1 Å². The predicted octanol–water partition coefficient (Wildman–Crippen LogP) is 2.98. The van der Waals surface area contributed by atoms with Gasteiger partial charge in [-0.05, 0) is 24.7 Å². The van der Waals surface area contributed by atoms with Gasteiger partial charge in [-0.3, -0.25) is 16.6 Å². The van der Waals surface area contributed by atoms with Crippen LogP contribution in [0.5, 0.6) is 0 Å². The van der Waals surface area contributed by atoms with Gasteiger partial charge in [0.1, 0.15) is 0 Å². The zero-order chi connectivity index (χ0) is 18.3. The van der Waals surface area contributed by atoms with Crippen molar-refractivity contribution < 1.29 is 42.3 Å². The van der Waals surface area contributed by atoms with Crippen molar-refractivity contribution in [1.29, 1.82) is 0 Å². The average molecular weight is 433 g/mol. The number of amides is 2. The summed E-state index contributed by atoms with van der Waals surface area (Å²) < 4.78 is 1.76. The number of benzene rings is 1. The number of carbonyl (C=O) groups excluding carboxylic acids is 2. The summed E-state index contributed by atoms with van der Waals surface area (Å²) in [6, 6.07) is 7.55. The second-order valence-electron chi connectivity index (χ2n) is 5.49. The van der Waals surface area contributed by atoms with Gasteiger partial charge >= 0.3 is 0 Å². The zero-order valence-corrected chi connectivity index (χ0v) is 18.1. The number of carbonyl (C=O) groups is 2. The van der Waals surface area contributed by atoms with Crippen LogP contribution in [-0.2, 0) is 44.0 Å². The van der Waals surface area contributed by atoms with Gasteiger partial charge in [0.15, 0.2) is 5.91 Å². The Morgan fingerprint density at radius 1 is 1.19 bits per heavy atom. The summed E-state index contributed by atoms with van der Waals surface area (Å²) in [5, 5.41) is 4.18. The second kappa shape index (κ2) is 12.8. The molecule has 0 unspecified atom stereocenters. The Balaban J connectivity index is 0. The minimum absolute atomic E-state index is 0. The quantitative estimate of drug-likeness (QED) is 0.700. The fraction of sp³-hybridized carbons (Fsp3) is 0.316. The topological polar surface area (TPSA) is 58.4 Å². The molecule has 0 saturated heterocycles. The summed E-state index contributed by atoms with van der Waals surface area (Å²) >= 11 is 0. The molecule has 0 aliphatic rings. The molecule has 0 aliphatic heterocycles. The van der Waals surface area contributed by atoms with Crippen LogP contribution in [0, 0.1) is 14.0 Å². The van der Waals surface area contributed by atoms with Crippen LogP contribution in [0.1, 0.15) is 24.7 Å². The molecule has 0 saturated carbocycles. The summed E-state index contributed by atoms with van der Waals surface area (Å²) in [6.45, 7) is 5.83. The predicted molar refractivity (Wildman–Crippen MR) is 102 cm³/mol. The van der Waals surface area contributed by atoms with Gasteiger partial charge in [-0.2, -0.15) is 5.10 Å². The molecule has 1 radical (unpaired) electrons. The van der Waals surface area contributed by atoms with Gasteiger partial charge in [0.05, 0.1) is 6.20 Å². The molecule has 0 spiro atoms. The third kappa shape index (κ3) is 8.24. The molecule has 141 valence electrons. The molecule has 6 nitrogen and oxygen atoms in total. The molecule has 0 fully saturated rings. The Hall–Kier alpha value is -1.53. The molecule has 0 bridgehead atoms. The first-order valence-electron chi connectivity index (χ1n) is 7.44. The molecule has 7 heteroatoms. The van der Waals surface area contributed by atoms with Crippen LogP contribution in [0.25, 0.3) is 11.1 Å². The van der Waals surface area contributed by atoms with E-state index in [2.05, 4.69) is 19.1 Å². The van der Waals surface area contributed by atoms with Gasteiger partial charge in [-0.25, -0.2) is 0 Å². The van der Waals surface area contributed by atoms with Crippen molar-refractivity contribution in [1.82, 2.24) is 19.6 Å². The number of rotatable bonds is 3. The molecule has 0 atom stereocenters. The van der Waals surface area contributed by atoms with E-state index in [0.29, 0.717) is 12.1 Å². The third-order valence-electron chi connectivity index (χ3n) is 3.25. The standard InChI is InChI=1S/C14H16N3O.C4H8NO.CH4.Y/c1-4-17-10-13(9-15-17)11-6-5-7-12(8-11)14(18)16(2)3;1-4(6)5(2)3;;/h5-10H,1,4H2,2-3H3;2H2,1,3H3;1H4;/q2*-1;;. The zero-order valence-electron chi connectivity index (χ0n) is 15.3. The summed E-state index contributed by atoms with van der Waals surface area (Å²) in [7, 11) is 8.43. The molecule has 1 heterocycles. The van der Waals surface area contributed by atoms with Crippen LogP contribution >= 0.6 is 0 Å². The molecule has 2 aromatic rings. The van der Waals surface area contributed by atoms with Crippen LogP contribution in [0.3, 0.4) is 0 Å². The first kappa shape index (κ1) is 26.7. The van der Waals surface area contributed by atoms with Crippen LogP contribution in [0.15, 0.2) is 36.7 Å². The largest absolute Gasteiger partial charge is 0.498 e. The number of nitrogens with zero attached hydrogens (tertiary/aromatic N) is 4. The van der Waals surface area contributed by atoms with Gasteiger partial charge in [0, 0.05) is 71.1 Å². The monoisotopic (exact) mass is 433 g/mol. The molecule has 1 aromatic heterocycles. The maximum Gasteiger partial charge on any atom is 0.253 e. The normalized spacial score (nSPS) is 9.00. The summed E-state index contributed by atoms with van der Waals surface area (Å²) in [4.78, 5) is 24.7. The van der Waals surface area contributed by atoms with Crippen LogP contribution in [0.2, 0.25) is 0 Å². The van der Waals surface area contributed by atoms with Crippen molar-refractivity contribution >= 4 is 11.8 Å². The van der Waals surface area contributed by atoms with E-state index in [4.69, 9.17) is 0 Å². The summed E-state index contributed by atoms with van der Waals surface area (Å²) in [6.07, 6.45) is 3.71. The molecule has 2 rings (SSSR count). The van der Waals surface area contributed by atoms with Crippen molar-refractivity contribution in [3.8, 4) is 11.1 Å². The number of hydrogen-bond donors (Lipinski definition) is 0. The van der Waals surface area contributed by atoms with E-state index in [-0.39, 0.29) is 52.0 Å². The van der Waals surface area contributed by atoms with Crippen LogP contribution < -0.4 is 0 Å². The van der Waals surface area contributed by atoms with Gasteiger partial charge in [-0.15, -0.1) is 0 Å². The minimum atomic E-state index is -0.0185. The van der Waals surface area contributed by atoms with Gasteiger partial charge < -0.3 is 21.4 Å². The molecular weight excluding hydrogens is 405 g/mol. The average Bonchev–Trinajstić information content (AvgIpc) is 3.03. The van der Waals surface area contributed by atoms with Crippen molar-refractivity contribution in [3.63, 3.8) is 0 Å². The van der Waals surface area contributed by atoms with Gasteiger partial charge in [0.25, 0.3) is 5.91 Å². The first-order valence-corrected chi connectivity index (χ1v) is 7.44. The van der Waals surface area contributed by atoms with E-state index < -0.39 is 0 Å². The Morgan fingerprint density at radius 2 is 1.77 bits per heavy atom. The van der Waals surface area contributed by atoms with Crippen molar-refractivity contribution in [2.75, 3.05) is 21.1 Å². The van der Waals surface area contributed by atoms with E-state index in [1.807, 2.05) is 30.5 Å². The third-order valence-corrected chi connectivity index (χ3v) is 3.25. The molecule has 2 amide bonds. The Morgan fingerprint density at radius 3 is 2.19 bits per heavy atom. The molecule has 0 aliphatic carbocycles.